The minimum Gasteiger partial charge on any atom is -0.406 e. The lowest BCUT2D eigenvalue weighted by atomic mass is 9.98. The number of nitrogens with one attached hydrogen (secondary N) is 2. The van der Waals surface area contributed by atoms with Crippen LogP contribution < -0.4 is 20.3 Å². The van der Waals surface area contributed by atoms with Crippen molar-refractivity contribution in [1.29, 1.82) is 0 Å². The van der Waals surface area contributed by atoms with Gasteiger partial charge < -0.3 is 20.3 Å². The van der Waals surface area contributed by atoms with E-state index < -0.39 is 30.1 Å². The normalized spacial score (nSPS) is 22.0. The first-order chi connectivity index (χ1) is 13.5. The molecular formula is C18H21F3N4O4. The Balaban J connectivity index is 1.69. The summed E-state index contributed by atoms with van der Waals surface area (Å²) in [5, 5.41) is 5.51. The number of imide groups is 1. The highest BCUT2D eigenvalue weighted by Gasteiger charge is 2.48. The van der Waals surface area contributed by atoms with Gasteiger partial charge in [0.05, 0.1) is 5.69 Å². The molecule has 2 aliphatic heterocycles. The van der Waals surface area contributed by atoms with Crippen LogP contribution in [0.5, 0.6) is 5.75 Å². The number of benzene rings is 1. The standard InChI is InChI=1S/C18H21F3N4O4/c1-10(2)22-16(27)23-11-7-8-24-14(9-11)15(26)25(17(24)28)12-3-5-13(6-4-12)29-18(19,20)21/h3-6,10-11,14H,7-9H2,1-2H3,(H2,22,23,27)/t11-,14+/m1/s1. The molecule has 0 unspecified atom stereocenters. The number of nitrogens with zero attached hydrogens (tertiary/aromatic N) is 2. The van der Waals surface area contributed by atoms with Crippen LogP contribution >= 0.6 is 0 Å². The topological polar surface area (TPSA) is 91.0 Å². The van der Waals surface area contributed by atoms with E-state index >= 15 is 0 Å². The lowest BCUT2D eigenvalue weighted by Gasteiger charge is -2.32. The van der Waals surface area contributed by atoms with E-state index in [4.69, 9.17) is 0 Å². The first-order valence-electron chi connectivity index (χ1n) is 9.12. The van der Waals surface area contributed by atoms with Gasteiger partial charge in [-0.3, -0.25) is 4.79 Å². The van der Waals surface area contributed by atoms with E-state index in [2.05, 4.69) is 15.4 Å². The predicted octanol–water partition coefficient (Wildman–Crippen LogP) is 2.59. The summed E-state index contributed by atoms with van der Waals surface area (Å²) in [5.74, 6) is -0.922. The molecule has 2 N–H and O–H groups in total. The third-order valence-corrected chi connectivity index (χ3v) is 4.63. The van der Waals surface area contributed by atoms with E-state index in [0.717, 1.165) is 17.0 Å². The molecule has 0 saturated carbocycles. The van der Waals surface area contributed by atoms with E-state index in [9.17, 15) is 27.6 Å². The first kappa shape index (κ1) is 20.7. The van der Waals surface area contributed by atoms with Crippen molar-refractivity contribution in [3.63, 3.8) is 0 Å². The molecule has 0 aliphatic carbocycles. The fraction of sp³-hybridized carbons (Fsp3) is 0.500. The fourth-order valence-corrected chi connectivity index (χ4v) is 3.46. The van der Waals surface area contributed by atoms with Gasteiger partial charge in [0, 0.05) is 18.6 Å². The number of amides is 5. The fourth-order valence-electron chi connectivity index (χ4n) is 3.46. The van der Waals surface area contributed by atoms with E-state index in [1.54, 1.807) is 0 Å². The molecule has 158 valence electrons. The minimum absolute atomic E-state index is 0.0374. The highest BCUT2D eigenvalue weighted by atomic mass is 19.4. The summed E-state index contributed by atoms with van der Waals surface area (Å²) in [6.07, 6.45) is -4.07. The Hall–Kier alpha value is -2.98. The van der Waals surface area contributed by atoms with Gasteiger partial charge in [0.1, 0.15) is 11.8 Å². The molecule has 2 aliphatic rings. The van der Waals surface area contributed by atoms with Crippen molar-refractivity contribution in [2.24, 2.45) is 0 Å². The van der Waals surface area contributed by atoms with Crippen LogP contribution in [0.1, 0.15) is 26.7 Å². The number of urea groups is 2. The number of anilines is 1. The molecule has 2 atom stereocenters. The maximum absolute atomic E-state index is 12.8. The van der Waals surface area contributed by atoms with Gasteiger partial charge in [-0.05, 0) is 51.0 Å². The Kier molecular flexibility index (Phi) is 5.58. The molecule has 2 heterocycles. The van der Waals surface area contributed by atoms with E-state index in [-0.39, 0.29) is 36.8 Å². The van der Waals surface area contributed by atoms with Crippen molar-refractivity contribution in [3.8, 4) is 5.75 Å². The zero-order valence-electron chi connectivity index (χ0n) is 15.8. The predicted molar refractivity (Wildman–Crippen MR) is 96.3 cm³/mol. The summed E-state index contributed by atoms with van der Waals surface area (Å²) in [6.45, 7) is 3.93. The van der Waals surface area contributed by atoms with Gasteiger partial charge in [-0.25, -0.2) is 14.5 Å². The summed E-state index contributed by atoms with van der Waals surface area (Å²) >= 11 is 0. The molecule has 11 heteroatoms. The van der Waals surface area contributed by atoms with Crippen molar-refractivity contribution in [2.75, 3.05) is 11.4 Å². The number of alkyl halides is 3. The third kappa shape index (κ3) is 4.72. The lowest BCUT2D eigenvalue weighted by Crippen LogP contribution is -2.52. The second-order valence-corrected chi connectivity index (χ2v) is 7.20. The molecule has 2 saturated heterocycles. The van der Waals surface area contributed by atoms with Crippen LogP contribution in [0.2, 0.25) is 0 Å². The van der Waals surface area contributed by atoms with Crippen LogP contribution in [0.25, 0.3) is 0 Å². The van der Waals surface area contributed by atoms with E-state index in [1.165, 1.54) is 17.0 Å². The summed E-state index contributed by atoms with van der Waals surface area (Å²) in [5.41, 5.74) is 0.158. The zero-order chi connectivity index (χ0) is 21.3. The van der Waals surface area contributed by atoms with Gasteiger partial charge >= 0.3 is 18.4 Å². The number of carbonyl (C=O) groups is 3. The number of halogens is 3. The van der Waals surface area contributed by atoms with Crippen LogP contribution in [0.4, 0.5) is 28.4 Å². The van der Waals surface area contributed by atoms with Crippen molar-refractivity contribution in [3.05, 3.63) is 24.3 Å². The molecular weight excluding hydrogens is 393 g/mol. The number of carbonyl (C=O) groups excluding carboxylic acids is 3. The van der Waals surface area contributed by atoms with Crippen molar-refractivity contribution in [2.45, 2.75) is 51.2 Å². The van der Waals surface area contributed by atoms with Gasteiger partial charge in [-0.1, -0.05) is 0 Å². The van der Waals surface area contributed by atoms with Crippen molar-refractivity contribution in [1.82, 2.24) is 15.5 Å². The van der Waals surface area contributed by atoms with Gasteiger partial charge in [-0.2, -0.15) is 0 Å². The molecule has 0 bridgehead atoms. The molecule has 0 aromatic heterocycles. The average Bonchev–Trinajstić information content (AvgIpc) is 2.84. The highest BCUT2D eigenvalue weighted by Crippen LogP contribution is 2.32. The number of hydrogen-bond acceptors (Lipinski definition) is 4. The van der Waals surface area contributed by atoms with Crippen LogP contribution in [0, 0.1) is 0 Å². The zero-order valence-corrected chi connectivity index (χ0v) is 15.8. The number of piperidine rings is 1. The quantitative estimate of drug-likeness (QED) is 0.741. The maximum Gasteiger partial charge on any atom is 0.573 e. The monoisotopic (exact) mass is 414 g/mol. The molecule has 0 spiro atoms. The molecule has 1 aromatic carbocycles. The second-order valence-electron chi connectivity index (χ2n) is 7.20. The Bertz CT molecular complexity index is 797. The molecule has 2 fully saturated rings. The Morgan fingerprint density at radius 1 is 1.21 bits per heavy atom. The van der Waals surface area contributed by atoms with Gasteiger partial charge in [0.25, 0.3) is 5.91 Å². The van der Waals surface area contributed by atoms with Crippen molar-refractivity contribution >= 4 is 23.7 Å². The number of fused-ring (bicyclic) bond motifs is 1. The van der Waals surface area contributed by atoms with Gasteiger partial charge in [0.2, 0.25) is 0 Å². The summed E-state index contributed by atoms with van der Waals surface area (Å²) in [7, 11) is 0. The average molecular weight is 414 g/mol. The minimum atomic E-state index is -4.83. The molecule has 5 amide bonds. The second kappa shape index (κ2) is 7.80. The first-order valence-corrected chi connectivity index (χ1v) is 9.12. The number of hydrogen-bond donors (Lipinski definition) is 2. The van der Waals surface area contributed by atoms with Gasteiger partial charge in [-0.15, -0.1) is 13.2 Å². The molecule has 3 rings (SSSR count). The third-order valence-electron chi connectivity index (χ3n) is 4.63. The SMILES string of the molecule is CC(C)NC(=O)N[C@@H]1CCN2C(=O)N(c3ccc(OC(F)(F)F)cc3)C(=O)[C@@H]2C1. The lowest BCUT2D eigenvalue weighted by molar-refractivity contribution is -0.274. The van der Waals surface area contributed by atoms with Crippen LogP contribution in [0.3, 0.4) is 0 Å². The molecule has 29 heavy (non-hydrogen) atoms. The van der Waals surface area contributed by atoms with Crippen molar-refractivity contribution < 1.29 is 32.3 Å². The van der Waals surface area contributed by atoms with Gasteiger partial charge in [0.15, 0.2) is 0 Å². The molecule has 0 radical (unpaired) electrons. The molecule has 1 aromatic rings. The maximum atomic E-state index is 12.8. The Morgan fingerprint density at radius 2 is 1.86 bits per heavy atom. The molecule has 8 nitrogen and oxygen atoms in total. The van der Waals surface area contributed by atoms with Crippen LogP contribution in [-0.2, 0) is 4.79 Å². The summed E-state index contributed by atoms with van der Waals surface area (Å²) in [4.78, 5) is 39.7. The number of rotatable bonds is 4. The Labute approximate surface area is 165 Å². The van der Waals surface area contributed by atoms with E-state index in [0.29, 0.717) is 6.42 Å². The largest absolute Gasteiger partial charge is 0.573 e. The number of ether oxygens (including phenoxy) is 1. The smallest absolute Gasteiger partial charge is 0.406 e. The van der Waals surface area contributed by atoms with Crippen LogP contribution in [0.15, 0.2) is 24.3 Å². The Morgan fingerprint density at radius 3 is 2.45 bits per heavy atom. The highest BCUT2D eigenvalue weighted by molar-refractivity contribution is 6.21. The summed E-state index contributed by atoms with van der Waals surface area (Å²) in [6, 6.07) is 2.62. The van der Waals surface area contributed by atoms with E-state index in [1.807, 2.05) is 13.8 Å². The van der Waals surface area contributed by atoms with Crippen LogP contribution in [-0.4, -0.2) is 53.9 Å². The summed E-state index contributed by atoms with van der Waals surface area (Å²) < 4.78 is 40.6.